The molecular weight excluding hydrogens is 134 g/mol. The standard InChI is InChI=1S/C3H7NO.C2H6OSi/c1-4(2)3-5;1-4(2)3/h3H,1-2H3;1-2H3. The van der Waals surface area contributed by atoms with Crippen LogP contribution in [0.4, 0.5) is 0 Å². The van der Waals surface area contributed by atoms with Gasteiger partial charge >= 0.3 is 0 Å². The van der Waals surface area contributed by atoms with Gasteiger partial charge in [-0.25, -0.2) is 0 Å². The fraction of sp³-hybridized carbons (Fsp3) is 0.800. The van der Waals surface area contributed by atoms with Gasteiger partial charge in [0.25, 0.3) is 8.68 Å². The van der Waals surface area contributed by atoms with E-state index in [2.05, 4.69) is 0 Å². The first-order chi connectivity index (χ1) is 4.00. The van der Waals surface area contributed by atoms with E-state index in [1.54, 1.807) is 27.2 Å². The van der Waals surface area contributed by atoms with Gasteiger partial charge in [0, 0.05) is 14.1 Å². The highest BCUT2D eigenvalue weighted by Crippen LogP contribution is 1.52. The Balaban J connectivity index is 0. The van der Waals surface area contributed by atoms with E-state index >= 15 is 0 Å². The number of nitrogens with zero attached hydrogens (tertiary/aromatic N) is 1. The van der Waals surface area contributed by atoms with Crippen LogP contribution in [0.3, 0.4) is 0 Å². The molecule has 4 heteroatoms. The first kappa shape index (κ1) is 11.3. The van der Waals surface area contributed by atoms with Gasteiger partial charge in [-0.1, -0.05) is 0 Å². The largest absolute Gasteiger partial charge is 0.389 e. The summed E-state index contributed by atoms with van der Waals surface area (Å²) in [6.07, 6.45) is 0.750. The lowest BCUT2D eigenvalue weighted by atomic mass is 11.0. The Hall–Kier alpha value is -0.513. The van der Waals surface area contributed by atoms with Crippen LogP contribution in [0.5, 0.6) is 0 Å². The number of carbonyl (C=O) groups is 1. The summed E-state index contributed by atoms with van der Waals surface area (Å²) in [5.74, 6) is 0. The summed E-state index contributed by atoms with van der Waals surface area (Å²) in [4.78, 5) is 10.9. The van der Waals surface area contributed by atoms with Crippen molar-refractivity contribution in [2.45, 2.75) is 13.1 Å². The van der Waals surface area contributed by atoms with Crippen molar-refractivity contribution in [2.75, 3.05) is 14.1 Å². The number of hydrogen-bond acceptors (Lipinski definition) is 2. The zero-order valence-electron chi connectivity index (χ0n) is 6.34. The fourth-order valence-electron chi connectivity index (χ4n) is 0. The average molecular weight is 147 g/mol. The molecule has 0 heterocycles. The van der Waals surface area contributed by atoms with Gasteiger partial charge in [0.1, 0.15) is 0 Å². The highest BCUT2D eigenvalue weighted by Gasteiger charge is 1.69. The van der Waals surface area contributed by atoms with Crippen molar-refractivity contribution in [3.63, 3.8) is 0 Å². The Morgan fingerprint density at radius 2 is 1.44 bits per heavy atom. The lowest BCUT2D eigenvalue weighted by molar-refractivity contribution is -0.115. The zero-order valence-corrected chi connectivity index (χ0v) is 7.34. The number of carbonyl (C=O) groups excluding carboxylic acids is 1. The maximum Gasteiger partial charge on any atom is 0.270 e. The molecule has 0 aromatic carbocycles. The van der Waals surface area contributed by atoms with E-state index in [-0.39, 0.29) is 0 Å². The molecule has 0 saturated heterocycles. The lowest BCUT2D eigenvalue weighted by Crippen LogP contribution is -2.06. The molecule has 0 radical (unpaired) electrons. The molecule has 1 amide bonds. The van der Waals surface area contributed by atoms with E-state index in [4.69, 9.17) is 0 Å². The maximum absolute atomic E-state index is 9.63. The Morgan fingerprint density at radius 3 is 1.44 bits per heavy atom. The SMILES string of the molecule is CN(C)C=O.C[Si](C)=O. The van der Waals surface area contributed by atoms with Crippen molar-refractivity contribution in [1.82, 2.24) is 4.90 Å². The second-order valence-corrected chi connectivity index (χ2v) is 3.79. The predicted octanol–water partition coefficient (Wildman–Crippen LogP) is 0.372. The van der Waals surface area contributed by atoms with E-state index in [1.165, 1.54) is 4.90 Å². The van der Waals surface area contributed by atoms with Crippen molar-refractivity contribution >= 4 is 15.1 Å². The van der Waals surface area contributed by atoms with Crippen molar-refractivity contribution in [3.05, 3.63) is 0 Å². The van der Waals surface area contributed by atoms with Crippen molar-refractivity contribution in [2.24, 2.45) is 0 Å². The molecule has 0 bridgehead atoms. The highest BCUT2D eigenvalue weighted by molar-refractivity contribution is 6.38. The van der Waals surface area contributed by atoms with Gasteiger partial charge in [-0.2, -0.15) is 0 Å². The molecule has 0 aliphatic heterocycles. The van der Waals surface area contributed by atoms with E-state index in [9.17, 15) is 9.26 Å². The first-order valence-corrected chi connectivity index (χ1v) is 5.00. The zero-order chi connectivity index (χ0) is 7.86. The smallest absolute Gasteiger partial charge is 0.270 e. The van der Waals surface area contributed by atoms with Gasteiger partial charge in [0.2, 0.25) is 6.41 Å². The summed E-state index contributed by atoms with van der Waals surface area (Å²) < 4.78 is 9.63. The van der Waals surface area contributed by atoms with Gasteiger partial charge in [-0.3, -0.25) is 4.79 Å². The van der Waals surface area contributed by atoms with E-state index in [1.807, 2.05) is 0 Å². The van der Waals surface area contributed by atoms with Gasteiger partial charge in [0.15, 0.2) is 0 Å². The minimum absolute atomic E-state index is 0.750. The average Bonchev–Trinajstić information content (AvgIpc) is 1.65. The quantitative estimate of drug-likeness (QED) is 0.397. The third kappa shape index (κ3) is 102. The number of amides is 1. The van der Waals surface area contributed by atoms with Crippen LogP contribution >= 0.6 is 0 Å². The van der Waals surface area contributed by atoms with Crippen LogP contribution in [0.15, 0.2) is 0 Å². The van der Waals surface area contributed by atoms with E-state index in [0.717, 1.165) is 6.41 Å². The molecule has 3 nitrogen and oxygen atoms in total. The van der Waals surface area contributed by atoms with Gasteiger partial charge in [-0.05, 0) is 13.1 Å². The Labute approximate surface area is 57.3 Å². The van der Waals surface area contributed by atoms with Gasteiger partial charge in [-0.15, -0.1) is 0 Å². The molecule has 0 aromatic heterocycles. The molecule has 0 saturated carbocycles. The topological polar surface area (TPSA) is 37.4 Å². The summed E-state index contributed by atoms with van der Waals surface area (Å²) in [6.45, 7) is 3.43. The second-order valence-electron chi connectivity index (χ2n) is 1.98. The summed E-state index contributed by atoms with van der Waals surface area (Å²) in [5, 5.41) is 0. The predicted molar refractivity (Wildman–Crippen MR) is 37.9 cm³/mol. The van der Waals surface area contributed by atoms with Crippen molar-refractivity contribution in [1.29, 1.82) is 0 Å². The van der Waals surface area contributed by atoms with Crippen molar-refractivity contribution in [3.8, 4) is 0 Å². The van der Waals surface area contributed by atoms with Crippen LogP contribution in [-0.4, -0.2) is 34.1 Å². The lowest BCUT2D eigenvalue weighted by Gasteiger charge is -1.93. The monoisotopic (exact) mass is 147 g/mol. The van der Waals surface area contributed by atoms with Crippen LogP contribution in [-0.2, 0) is 9.26 Å². The summed E-state index contributed by atoms with van der Waals surface area (Å²) in [6, 6.07) is 0. The molecule has 0 rings (SSSR count). The van der Waals surface area contributed by atoms with Gasteiger partial charge in [0.05, 0.1) is 0 Å². The molecule has 0 unspecified atom stereocenters. The molecule has 0 aliphatic rings. The number of rotatable bonds is 1. The minimum atomic E-state index is -1.13. The van der Waals surface area contributed by atoms with E-state index < -0.39 is 8.68 Å². The van der Waals surface area contributed by atoms with Crippen LogP contribution < -0.4 is 0 Å². The van der Waals surface area contributed by atoms with Crippen LogP contribution in [0.1, 0.15) is 0 Å². The third-order valence-corrected chi connectivity index (χ3v) is 0.211. The second kappa shape index (κ2) is 7.49. The van der Waals surface area contributed by atoms with Crippen LogP contribution in [0, 0.1) is 0 Å². The first-order valence-electron chi connectivity index (χ1n) is 2.59. The molecule has 0 spiro atoms. The van der Waals surface area contributed by atoms with Crippen molar-refractivity contribution < 1.29 is 9.26 Å². The maximum atomic E-state index is 9.63. The summed E-state index contributed by atoms with van der Waals surface area (Å²) in [7, 11) is 2.25. The number of hydrogen-bond donors (Lipinski definition) is 0. The molecular formula is C5H13NO2Si. The molecule has 0 N–H and O–H groups in total. The Morgan fingerprint density at radius 1 is 1.33 bits per heavy atom. The molecule has 9 heavy (non-hydrogen) atoms. The molecule has 0 aromatic rings. The highest BCUT2D eigenvalue weighted by atomic mass is 28.2. The Kier molecular flexibility index (Phi) is 9.40. The molecule has 0 aliphatic carbocycles. The third-order valence-electron chi connectivity index (χ3n) is 0.211. The summed E-state index contributed by atoms with van der Waals surface area (Å²) in [5.41, 5.74) is 0. The van der Waals surface area contributed by atoms with Crippen LogP contribution in [0.2, 0.25) is 13.1 Å². The van der Waals surface area contributed by atoms with Gasteiger partial charge < -0.3 is 9.36 Å². The summed E-state index contributed by atoms with van der Waals surface area (Å²) >= 11 is 0. The van der Waals surface area contributed by atoms with E-state index in [0.29, 0.717) is 0 Å². The normalized spacial score (nSPS) is 6.67. The minimum Gasteiger partial charge on any atom is -0.389 e. The molecule has 0 atom stereocenters. The molecule has 54 valence electrons. The Bertz CT molecular complexity index is 89.0. The molecule has 0 fully saturated rings. The fourth-order valence-corrected chi connectivity index (χ4v) is 0. The van der Waals surface area contributed by atoms with Crippen LogP contribution in [0.25, 0.3) is 0 Å².